The van der Waals surface area contributed by atoms with E-state index in [-0.39, 0.29) is 12.1 Å². The lowest BCUT2D eigenvalue weighted by Gasteiger charge is -2.33. The molecular weight excluding hydrogens is 398 g/mol. The molecule has 31 heavy (non-hydrogen) atoms. The first-order valence-corrected chi connectivity index (χ1v) is 10.7. The van der Waals surface area contributed by atoms with Crippen molar-refractivity contribution in [2.75, 3.05) is 20.2 Å². The van der Waals surface area contributed by atoms with Crippen LogP contribution < -0.4 is 0 Å². The molecule has 1 amide bonds. The van der Waals surface area contributed by atoms with Crippen molar-refractivity contribution in [2.45, 2.75) is 58.5 Å². The van der Waals surface area contributed by atoms with E-state index in [0.717, 1.165) is 50.8 Å². The third kappa shape index (κ3) is 6.54. The van der Waals surface area contributed by atoms with Crippen LogP contribution in [0.25, 0.3) is 11.5 Å². The predicted molar refractivity (Wildman–Crippen MR) is 115 cm³/mol. The molecule has 1 aliphatic rings. The van der Waals surface area contributed by atoms with Crippen LogP contribution in [0.5, 0.6) is 0 Å². The van der Waals surface area contributed by atoms with E-state index in [1.165, 1.54) is 7.11 Å². The van der Waals surface area contributed by atoms with E-state index in [2.05, 4.69) is 10.2 Å². The Labute approximate surface area is 182 Å². The van der Waals surface area contributed by atoms with Crippen LogP contribution in [0.15, 0.2) is 28.7 Å². The second kappa shape index (κ2) is 9.94. The molecule has 1 aromatic carbocycles. The minimum atomic E-state index is -0.458. The van der Waals surface area contributed by atoms with Crippen LogP contribution in [0, 0.1) is 5.92 Å². The Bertz CT molecular complexity index is 877. The minimum absolute atomic E-state index is 0.219. The normalized spacial score (nSPS) is 15.0. The zero-order chi connectivity index (χ0) is 22.4. The Morgan fingerprint density at radius 3 is 2.42 bits per heavy atom. The van der Waals surface area contributed by atoms with Crippen LogP contribution in [0.4, 0.5) is 4.79 Å². The third-order valence-corrected chi connectivity index (χ3v) is 5.29. The molecule has 0 unspecified atom stereocenters. The van der Waals surface area contributed by atoms with Crippen molar-refractivity contribution in [3.63, 3.8) is 0 Å². The Morgan fingerprint density at radius 1 is 1.13 bits per heavy atom. The van der Waals surface area contributed by atoms with E-state index in [9.17, 15) is 9.59 Å². The monoisotopic (exact) mass is 429 g/mol. The molecule has 8 nitrogen and oxygen atoms in total. The SMILES string of the molecule is COC(=O)c1ccc(-c2nnc(CCCC3CCN(C(=O)OC(C)(C)C)CC3)o2)cc1. The zero-order valence-corrected chi connectivity index (χ0v) is 18.7. The minimum Gasteiger partial charge on any atom is -0.465 e. The molecule has 8 heteroatoms. The average molecular weight is 430 g/mol. The van der Waals surface area contributed by atoms with Gasteiger partial charge in [-0.25, -0.2) is 9.59 Å². The van der Waals surface area contributed by atoms with E-state index in [1.807, 2.05) is 20.8 Å². The van der Waals surface area contributed by atoms with Gasteiger partial charge < -0.3 is 18.8 Å². The fourth-order valence-electron chi connectivity index (χ4n) is 3.61. The number of amides is 1. The lowest BCUT2D eigenvalue weighted by atomic mass is 9.92. The van der Waals surface area contributed by atoms with E-state index in [4.69, 9.17) is 13.9 Å². The summed E-state index contributed by atoms with van der Waals surface area (Å²) in [6.45, 7) is 7.14. The number of nitrogens with zero attached hydrogens (tertiary/aromatic N) is 3. The maximum absolute atomic E-state index is 12.2. The lowest BCUT2D eigenvalue weighted by Crippen LogP contribution is -2.41. The summed E-state index contributed by atoms with van der Waals surface area (Å²) in [4.78, 5) is 25.5. The summed E-state index contributed by atoms with van der Waals surface area (Å²) in [5, 5.41) is 8.25. The number of methoxy groups -OCH3 is 1. The van der Waals surface area contributed by atoms with Crippen molar-refractivity contribution in [3.05, 3.63) is 35.7 Å². The highest BCUT2D eigenvalue weighted by Crippen LogP contribution is 2.25. The number of piperidine rings is 1. The van der Waals surface area contributed by atoms with Crippen molar-refractivity contribution in [3.8, 4) is 11.5 Å². The summed E-state index contributed by atoms with van der Waals surface area (Å²) in [5.74, 6) is 1.26. The second-order valence-corrected chi connectivity index (χ2v) is 8.87. The van der Waals surface area contributed by atoms with E-state index < -0.39 is 5.60 Å². The number of esters is 1. The van der Waals surface area contributed by atoms with Crippen molar-refractivity contribution < 1.29 is 23.5 Å². The number of ether oxygens (including phenoxy) is 2. The lowest BCUT2D eigenvalue weighted by molar-refractivity contribution is 0.0180. The van der Waals surface area contributed by atoms with E-state index in [1.54, 1.807) is 29.2 Å². The highest BCUT2D eigenvalue weighted by molar-refractivity contribution is 5.89. The number of aromatic nitrogens is 2. The molecule has 168 valence electrons. The van der Waals surface area contributed by atoms with E-state index in [0.29, 0.717) is 23.3 Å². The summed E-state index contributed by atoms with van der Waals surface area (Å²) in [6, 6.07) is 6.88. The molecule has 2 heterocycles. The Morgan fingerprint density at radius 2 is 1.81 bits per heavy atom. The number of benzene rings is 1. The Hall–Kier alpha value is -2.90. The summed E-state index contributed by atoms with van der Waals surface area (Å²) in [6.07, 6.45) is 4.50. The van der Waals surface area contributed by atoms with Gasteiger partial charge in [0.15, 0.2) is 0 Å². The van der Waals surface area contributed by atoms with Gasteiger partial charge in [0, 0.05) is 25.1 Å². The van der Waals surface area contributed by atoms with Gasteiger partial charge in [-0.15, -0.1) is 10.2 Å². The number of likely N-dealkylation sites (tertiary alicyclic amines) is 1. The number of carbonyl (C=O) groups is 2. The van der Waals surface area contributed by atoms with Crippen LogP contribution in [0.2, 0.25) is 0 Å². The van der Waals surface area contributed by atoms with Gasteiger partial charge in [0.05, 0.1) is 12.7 Å². The number of carbonyl (C=O) groups excluding carboxylic acids is 2. The van der Waals surface area contributed by atoms with Crippen LogP contribution in [-0.4, -0.2) is 53.0 Å². The van der Waals surface area contributed by atoms with Gasteiger partial charge in [0.1, 0.15) is 5.60 Å². The number of rotatable bonds is 6. The fraction of sp³-hybridized carbons (Fsp3) is 0.565. The highest BCUT2D eigenvalue weighted by atomic mass is 16.6. The van der Waals surface area contributed by atoms with E-state index >= 15 is 0 Å². The second-order valence-electron chi connectivity index (χ2n) is 8.87. The number of aryl methyl sites for hydroxylation is 1. The molecule has 2 aromatic rings. The standard InChI is InChI=1S/C23H31N3O5/c1-23(2,3)31-22(28)26-14-12-16(13-15-26)6-5-7-19-24-25-20(30-19)17-8-10-18(11-9-17)21(27)29-4/h8-11,16H,5-7,12-15H2,1-4H3. The topological polar surface area (TPSA) is 94.8 Å². The van der Waals surface area contributed by atoms with Gasteiger partial charge in [-0.1, -0.05) is 0 Å². The first-order valence-electron chi connectivity index (χ1n) is 10.7. The molecule has 0 saturated carbocycles. The summed E-state index contributed by atoms with van der Waals surface area (Å²) >= 11 is 0. The van der Waals surface area contributed by atoms with Gasteiger partial charge in [0.25, 0.3) is 0 Å². The van der Waals surface area contributed by atoms with Gasteiger partial charge in [0.2, 0.25) is 11.8 Å². The fourth-order valence-corrected chi connectivity index (χ4v) is 3.61. The van der Waals surface area contributed by atoms with Crippen molar-refractivity contribution >= 4 is 12.1 Å². The quantitative estimate of drug-likeness (QED) is 0.624. The van der Waals surface area contributed by atoms with Crippen molar-refractivity contribution in [2.24, 2.45) is 5.92 Å². The molecule has 1 saturated heterocycles. The first-order chi connectivity index (χ1) is 14.7. The largest absolute Gasteiger partial charge is 0.465 e. The molecule has 3 rings (SSSR count). The molecule has 0 radical (unpaired) electrons. The molecule has 0 aliphatic carbocycles. The number of hydrogen-bond acceptors (Lipinski definition) is 7. The van der Waals surface area contributed by atoms with Gasteiger partial charge >= 0.3 is 12.1 Å². The summed E-state index contributed by atoms with van der Waals surface area (Å²) < 4.78 is 15.9. The van der Waals surface area contributed by atoms with Crippen LogP contribution in [-0.2, 0) is 15.9 Å². The molecule has 0 atom stereocenters. The maximum atomic E-state index is 12.2. The summed E-state index contributed by atoms with van der Waals surface area (Å²) in [5.41, 5.74) is 0.782. The predicted octanol–water partition coefficient (Wildman–Crippen LogP) is 4.49. The van der Waals surface area contributed by atoms with Crippen LogP contribution in [0.3, 0.4) is 0 Å². The van der Waals surface area contributed by atoms with Gasteiger partial charge in [-0.05, 0) is 76.6 Å². The maximum Gasteiger partial charge on any atom is 0.410 e. The Kier molecular flexibility index (Phi) is 7.30. The van der Waals surface area contributed by atoms with Crippen molar-refractivity contribution in [1.29, 1.82) is 0 Å². The molecule has 0 N–H and O–H groups in total. The molecule has 1 aliphatic heterocycles. The molecule has 0 spiro atoms. The van der Waals surface area contributed by atoms with Gasteiger partial charge in [-0.2, -0.15) is 0 Å². The van der Waals surface area contributed by atoms with Crippen LogP contribution in [0.1, 0.15) is 62.7 Å². The highest BCUT2D eigenvalue weighted by Gasteiger charge is 2.26. The molecule has 1 aromatic heterocycles. The van der Waals surface area contributed by atoms with Crippen LogP contribution >= 0.6 is 0 Å². The zero-order valence-electron chi connectivity index (χ0n) is 18.7. The summed E-state index contributed by atoms with van der Waals surface area (Å²) in [7, 11) is 1.35. The molecular formula is C23H31N3O5. The van der Waals surface area contributed by atoms with Crippen molar-refractivity contribution in [1.82, 2.24) is 15.1 Å². The molecule has 1 fully saturated rings. The first kappa shape index (κ1) is 22.8. The Balaban J connectivity index is 1.42. The number of hydrogen-bond donors (Lipinski definition) is 0. The average Bonchev–Trinajstić information content (AvgIpc) is 3.21. The molecule has 0 bridgehead atoms. The smallest absolute Gasteiger partial charge is 0.410 e. The van der Waals surface area contributed by atoms with Gasteiger partial charge in [-0.3, -0.25) is 0 Å². The third-order valence-electron chi connectivity index (χ3n) is 5.29.